The van der Waals surface area contributed by atoms with Gasteiger partial charge in [0.1, 0.15) is 13.3 Å². The molecule has 2 rings (SSSR count). The highest BCUT2D eigenvalue weighted by molar-refractivity contribution is 7.50. The third-order valence-electron chi connectivity index (χ3n) is 3.82. The molecule has 0 aliphatic heterocycles. The molecule has 0 radical (unpaired) electrons. The molecule has 0 saturated carbocycles. The zero-order chi connectivity index (χ0) is 22.0. The van der Waals surface area contributed by atoms with Crippen LogP contribution in [0.25, 0.3) is 10.9 Å². The smallest absolute Gasteiger partial charge is 0.329 e. The van der Waals surface area contributed by atoms with E-state index in [1.807, 2.05) is 0 Å². The minimum absolute atomic E-state index is 0.0946. The number of anilines is 1. The van der Waals surface area contributed by atoms with Crippen LogP contribution in [0.2, 0.25) is 5.15 Å². The number of nitrogens with one attached hydrogen (secondary N) is 1. The highest BCUT2D eigenvalue weighted by Crippen LogP contribution is 2.37. The van der Waals surface area contributed by atoms with Crippen molar-refractivity contribution < 1.29 is 33.5 Å². The molecule has 1 aromatic heterocycles. The van der Waals surface area contributed by atoms with Crippen LogP contribution in [-0.2, 0) is 18.8 Å². The second kappa shape index (κ2) is 12.1. The van der Waals surface area contributed by atoms with Gasteiger partial charge in [-0.1, -0.05) is 29.8 Å². The molecular formula is C17H22ClN3O8P-. The van der Waals surface area contributed by atoms with Crippen molar-refractivity contribution in [1.82, 2.24) is 4.98 Å². The highest BCUT2D eigenvalue weighted by atomic mass is 35.5. The average Bonchev–Trinajstić information content (AvgIpc) is 2.67. The molecule has 11 nitrogen and oxygen atoms in total. The molecule has 0 bridgehead atoms. The third kappa shape index (κ3) is 8.11. The lowest BCUT2D eigenvalue weighted by molar-refractivity contribution is -0.384. The fraction of sp³-hybridized carbons (Fsp3) is 0.471. The van der Waals surface area contributed by atoms with E-state index in [0.29, 0.717) is 30.7 Å². The standard InChI is InChI=1S/C17H23ClN3O8P/c18-17-16(21(22)23)15(13-3-1-2-4-14(13)20-17)19-5-6-27-7-8-28-9-10-29-11-12-30(24,25)26/h1-4H,5-12H2,(H,19,20)(H2,24,25,26)/p-1. The fourth-order valence-corrected chi connectivity index (χ4v) is 3.10. The summed E-state index contributed by atoms with van der Waals surface area (Å²) < 4.78 is 26.2. The summed E-state index contributed by atoms with van der Waals surface area (Å²) in [6.45, 7) is 1.54. The zero-order valence-corrected chi connectivity index (χ0v) is 17.6. The van der Waals surface area contributed by atoms with Crippen LogP contribution in [0.1, 0.15) is 0 Å². The van der Waals surface area contributed by atoms with Gasteiger partial charge in [0.25, 0.3) is 0 Å². The lowest BCUT2D eigenvalue weighted by Crippen LogP contribution is -2.15. The lowest BCUT2D eigenvalue weighted by Gasteiger charge is -2.15. The van der Waals surface area contributed by atoms with E-state index in [1.165, 1.54) is 0 Å². The molecule has 0 saturated heterocycles. The maximum Gasteiger partial charge on any atom is 0.329 e. The molecule has 1 aromatic carbocycles. The summed E-state index contributed by atoms with van der Waals surface area (Å²) in [7, 11) is -4.28. The first-order valence-electron chi connectivity index (χ1n) is 9.02. The summed E-state index contributed by atoms with van der Waals surface area (Å²) in [4.78, 5) is 34.0. The zero-order valence-electron chi connectivity index (χ0n) is 16.0. The van der Waals surface area contributed by atoms with Gasteiger partial charge in [-0.15, -0.1) is 0 Å². The minimum atomic E-state index is -4.28. The Morgan fingerprint density at radius 2 is 1.70 bits per heavy atom. The normalized spacial score (nSPS) is 13.3. The first-order valence-corrected chi connectivity index (χ1v) is 11.2. The topological polar surface area (TPSA) is 156 Å². The number of fused-ring (bicyclic) bond motifs is 1. The van der Waals surface area contributed by atoms with Crippen LogP contribution in [0.4, 0.5) is 11.4 Å². The van der Waals surface area contributed by atoms with E-state index in [0.717, 1.165) is 0 Å². The minimum Gasteiger partial charge on any atom is -0.779 e. The van der Waals surface area contributed by atoms with Gasteiger partial charge in [-0.3, -0.25) is 10.1 Å². The van der Waals surface area contributed by atoms with E-state index in [9.17, 15) is 19.6 Å². The van der Waals surface area contributed by atoms with Crippen LogP contribution in [0.3, 0.4) is 0 Å². The van der Waals surface area contributed by atoms with E-state index in [4.69, 9.17) is 30.7 Å². The van der Waals surface area contributed by atoms with Crippen molar-refractivity contribution in [2.45, 2.75) is 0 Å². The average molecular weight is 463 g/mol. The van der Waals surface area contributed by atoms with Gasteiger partial charge in [0.2, 0.25) is 5.15 Å². The van der Waals surface area contributed by atoms with Crippen molar-refractivity contribution in [1.29, 1.82) is 0 Å². The molecule has 2 N–H and O–H groups in total. The number of benzene rings is 1. The number of nitrogens with zero attached hydrogens (tertiary/aromatic N) is 2. The lowest BCUT2D eigenvalue weighted by atomic mass is 10.1. The van der Waals surface area contributed by atoms with Crippen LogP contribution in [0.5, 0.6) is 0 Å². The van der Waals surface area contributed by atoms with Crippen molar-refractivity contribution >= 4 is 41.5 Å². The fourth-order valence-electron chi connectivity index (χ4n) is 2.49. The first-order chi connectivity index (χ1) is 14.3. The monoisotopic (exact) mass is 462 g/mol. The Morgan fingerprint density at radius 1 is 1.10 bits per heavy atom. The Kier molecular flexibility index (Phi) is 9.86. The molecule has 0 aliphatic carbocycles. The van der Waals surface area contributed by atoms with Crippen LogP contribution in [0.15, 0.2) is 24.3 Å². The van der Waals surface area contributed by atoms with Gasteiger partial charge in [0, 0.05) is 18.1 Å². The molecule has 0 fully saturated rings. The second-order valence-corrected chi connectivity index (χ2v) is 8.11. The van der Waals surface area contributed by atoms with Gasteiger partial charge in [-0.05, 0) is 6.07 Å². The van der Waals surface area contributed by atoms with Crippen molar-refractivity contribution in [3.05, 3.63) is 39.5 Å². The van der Waals surface area contributed by atoms with Gasteiger partial charge >= 0.3 is 5.69 Å². The van der Waals surface area contributed by atoms with Crippen LogP contribution in [-0.4, -0.2) is 67.1 Å². The van der Waals surface area contributed by atoms with Gasteiger partial charge in [0.15, 0.2) is 0 Å². The Balaban J connectivity index is 1.68. The molecule has 13 heteroatoms. The van der Waals surface area contributed by atoms with Crippen LogP contribution < -0.4 is 10.2 Å². The summed E-state index contributed by atoms with van der Waals surface area (Å²) in [6, 6.07) is 6.97. The second-order valence-electron chi connectivity index (χ2n) is 6.03. The SMILES string of the molecule is O=[N+]([O-])c1c(Cl)nc2ccccc2c1NCCOCCOCCOCCP(=O)([O-])O. The number of hydrogen-bond donors (Lipinski definition) is 2. The van der Waals surface area contributed by atoms with E-state index in [2.05, 4.69) is 10.3 Å². The van der Waals surface area contributed by atoms with Crippen LogP contribution in [0, 0.1) is 10.1 Å². The van der Waals surface area contributed by atoms with Gasteiger partial charge in [0.05, 0.1) is 50.1 Å². The number of ether oxygens (including phenoxy) is 3. The largest absolute Gasteiger partial charge is 0.779 e. The quantitative estimate of drug-likeness (QED) is 0.139. The molecule has 30 heavy (non-hydrogen) atoms. The molecule has 1 heterocycles. The van der Waals surface area contributed by atoms with E-state index >= 15 is 0 Å². The predicted octanol–water partition coefficient (Wildman–Crippen LogP) is 1.80. The van der Waals surface area contributed by atoms with E-state index in [1.54, 1.807) is 24.3 Å². The van der Waals surface area contributed by atoms with Crippen molar-refractivity contribution in [3.63, 3.8) is 0 Å². The maximum atomic E-state index is 11.4. The summed E-state index contributed by atoms with van der Waals surface area (Å²) >= 11 is 5.98. The van der Waals surface area contributed by atoms with Gasteiger partial charge in [-0.25, -0.2) is 4.98 Å². The van der Waals surface area contributed by atoms with E-state index < -0.39 is 18.7 Å². The highest BCUT2D eigenvalue weighted by Gasteiger charge is 2.23. The summed E-state index contributed by atoms with van der Waals surface area (Å²) in [5.41, 5.74) is 0.551. The number of nitro groups is 1. The van der Waals surface area contributed by atoms with Gasteiger partial charge < -0.3 is 33.9 Å². The number of aromatic nitrogens is 1. The first kappa shape index (κ1) is 24.4. The molecule has 2 aromatic rings. The predicted molar refractivity (Wildman–Crippen MR) is 109 cm³/mol. The third-order valence-corrected chi connectivity index (χ3v) is 4.83. The Labute approximate surface area is 177 Å². The molecule has 166 valence electrons. The Hall–Kier alpha value is -1.85. The number of halogens is 1. The summed E-state index contributed by atoms with van der Waals surface area (Å²) in [6.07, 6.45) is -0.431. The van der Waals surface area contributed by atoms with E-state index in [-0.39, 0.29) is 43.0 Å². The van der Waals surface area contributed by atoms with Crippen LogP contribution >= 0.6 is 19.2 Å². The Morgan fingerprint density at radius 3 is 2.33 bits per heavy atom. The molecule has 0 spiro atoms. The number of rotatable bonds is 14. The maximum absolute atomic E-state index is 11.4. The Bertz CT molecular complexity index is 895. The van der Waals surface area contributed by atoms with Crippen molar-refractivity contribution in [2.75, 3.05) is 57.7 Å². The number of pyridine rings is 1. The molecule has 0 aliphatic rings. The summed E-state index contributed by atoms with van der Waals surface area (Å²) in [5.74, 6) is 0. The van der Waals surface area contributed by atoms with Crippen molar-refractivity contribution in [3.8, 4) is 0 Å². The molecule has 1 atom stereocenters. The number of para-hydroxylation sites is 1. The summed E-state index contributed by atoms with van der Waals surface area (Å²) in [5, 5.41) is 14.8. The molecular weight excluding hydrogens is 441 g/mol. The molecule has 0 amide bonds. The number of hydrogen-bond acceptors (Lipinski definition) is 9. The van der Waals surface area contributed by atoms with Crippen molar-refractivity contribution in [2.24, 2.45) is 0 Å². The van der Waals surface area contributed by atoms with Gasteiger partial charge in [-0.2, -0.15) is 0 Å². The molecule has 1 unspecified atom stereocenters.